The second kappa shape index (κ2) is 6.95. The molecule has 0 atom stereocenters. The Labute approximate surface area is 155 Å². The normalized spacial score (nSPS) is 11.4. The Morgan fingerprint density at radius 2 is 1.85 bits per heavy atom. The van der Waals surface area contributed by atoms with Crippen LogP contribution in [-0.4, -0.2) is 10.9 Å². The van der Waals surface area contributed by atoms with Crippen molar-refractivity contribution in [3.05, 3.63) is 70.0 Å². The van der Waals surface area contributed by atoms with Gasteiger partial charge in [0.1, 0.15) is 6.26 Å². The first kappa shape index (κ1) is 18.2. The van der Waals surface area contributed by atoms with Gasteiger partial charge in [0.25, 0.3) is 5.91 Å². The molecular formula is C18H12BrF3N2O2. The summed E-state index contributed by atoms with van der Waals surface area (Å²) < 4.78 is 43.9. The number of carbonyl (C=O) groups excluding carboxylic acids is 1. The van der Waals surface area contributed by atoms with Crippen LogP contribution >= 0.6 is 15.9 Å². The maximum atomic E-state index is 12.6. The van der Waals surface area contributed by atoms with Gasteiger partial charge in [0, 0.05) is 15.7 Å². The minimum absolute atomic E-state index is 0.0246. The van der Waals surface area contributed by atoms with Gasteiger partial charge in [-0.05, 0) is 48.9 Å². The minimum atomic E-state index is -4.41. The third-order valence-corrected chi connectivity index (χ3v) is 4.48. The molecule has 0 aliphatic carbocycles. The zero-order chi connectivity index (χ0) is 18.9. The number of anilines is 1. The highest BCUT2D eigenvalue weighted by atomic mass is 79.9. The predicted octanol–water partition coefficient (Wildman–Crippen LogP) is 5.68. The number of hydrogen-bond donors (Lipinski definition) is 1. The Morgan fingerprint density at radius 3 is 2.46 bits per heavy atom. The number of alkyl halides is 3. The van der Waals surface area contributed by atoms with Gasteiger partial charge in [-0.2, -0.15) is 13.2 Å². The number of oxazole rings is 1. The molecule has 26 heavy (non-hydrogen) atoms. The van der Waals surface area contributed by atoms with Gasteiger partial charge in [-0.1, -0.05) is 22.0 Å². The lowest BCUT2D eigenvalue weighted by molar-refractivity contribution is -0.137. The summed E-state index contributed by atoms with van der Waals surface area (Å²) in [7, 11) is 0. The van der Waals surface area contributed by atoms with Crippen LogP contribution in [0.5, 0.6) is 0 Å². The Balaban J connectivity index is 1.76. The zero-order valence-electron chi connectivity index (χ0n) is 13.4. The van der Waals surface area contributed by atoms with Gasteiger partial charge in [0.05, 0.1) is 5.56 Å². The lowest BCUT2D eigenvalue weighted by atomic mass is 10.1. The number of benzene rings is 2. The molecule has 4 nitrogen and oxygen atoms in total. The van der Waals surface area contributed by atoms with E-state index in [-0.39, 0.29) is 11.6 Å². The Kier molecular flexibility index (Phi) is 4.86. The van der Waals surface area contributed by atoms with E-state index in [1.807, 2.05) is 13.0 Å². The van der Waals surface area contributed by atoms with Gasteiger partial charge < -0.3 is 9.73 Å². The van der Waals surface area contributed by atoms with Gasteiger partial charge in [0.15, 0.2) is 5.69 Å². The van der Waals surface area contributed by atoms with Crippen LogP contribution in [0.3, 0.4) is 0 Å². The molecule has 0 radical (unpaired) electrons. The zero-order valence-corrected chi connectivity index (χ0v) is 15.0. The summed E-state index contributed by atoms with van der Waals surface area (Å²) >= 11 is 3.38. The van der Waals surface area contributed by atoms with Crippen molar-refractivity contribution >= 4 is 27.5 Å². The molecule has 2 aromatic carbocycles. The largest absolute Gasteiger partial charge is 0.444 e. The fraction of sp³-hybridized carbons (Fsp3) is 0.111. The molecule has 0 bridgehead atoms. The highest BCUT2D eigenvalue weighted by molar-refractivity contribution is 9.10. The SMILES string of the molecule is Cc1ccc(NC(=O)c2coc(-c3ccc(C(F)(F)F)cc3)n2)cc1Br. The van der Waals surface area contributed by atoms with Crippen molar-refractivity contribution in [1.82, 2.24) is 4.98 Å². The average Bonchev–Trinajstić information content (AvgIpc) is 3.08. The molecule has 0 fully saturated rings. The van der Waals surface area contributed by atoms with Crippen LogP contribution in [0.25, 0.3) is 11.5 Å². The van der Waals surface area contributed by atoms with Crippen molar-refractivity contribution < 1.29 is 22.4 Å². The fourth-order valence-corrected chi connectivity index (χ4v) is 2.56. The molecule has 1 aromatic heterocycles. The van der Waals surface area contributed by atoms with E-state index in [1.54, 1.807) is 12.1 Å². The van der Waals surface area contributed by atoms with E-state index < -0.39 is 17.6 Å². The summed E-state index contributed by atoms with van der Waals surface area (Å²) in [5, 5.41) is 2.68. The molecule has 1 N–H and O–H groups in total. The topological polar surface area (TPSA) is 55.1 Å². The molecule has 0 aliphatic rings. The Bertz CT molecular complexity index is 950. The standard InChI is InChI=1S/C18H12BrF3N2O2/c1-10-2-7-13(8-14(10)19)23-16(25)15-9-26-17(24-15)11-3-5-12(6-4-11)18(20,21)22/h2-9H,1H3,(H,23,25). The monoisotopic (exact) mass is 424 g/mol. The molecule has 134 valence electrons. The quantitative estimate of drug-likeness (QED) is 0.587. The summed E-state index contributed by atoms with van der Waals surface area (Å²) in [4.78, 5) is 16.3. The van der Waals surface area contributed by atoms with Crippen molar-refractivity contribution in [2.24, 2.45) is 0 Å². The second-order valence-corrected chi connectivity index (χ2v) is 6.39. The second-order valence-electron chi connectivity index (χ2n) is 5.53. The molecule has 8 heteroatoms. The van der Waals surface area contributed by atoms with Crippen LogP contribution in [0.15, 0.2) is 57.6 Å². The average molecular weight is 425 g/mol. The lowest BCUT2D eigenvalue weighted by Crippen LogP contribution is -2.12. The third kappa shape index (κ3) is 3.96. The molecule has 3 aromatic rings. The molecule has 0 saturated carbocycles. The molecular weight excluding hydrogens is 413 g/mol. The van der Waals surface area contributed by atoms with Crippen LogP contribution in [0.2, 0.25) is 0 Å². The number of amides is 1. The van der Waals surface area contributed by atoms with Crippen LogP contribution in [0.1, 0.15) is 21.6 Å². The van der Waals surface area contributed by atoms with Crippen LogP contribution in [0, 0.1) is 6.92 Å². The Morgan fingerprint density at radius 1 is 1.15 bits per heavy atom. The minimum Gasteiger partial charge on any atom is -0.444 e. The van der Waals surface area contributed by atoms with Crippen molar-refractivity contribution in [3.8, 4) is 11.5 Å². The van der Waals surface area contributed by atoms with E-state index >= 15 is 0 Å². The van der Waals surface area contributed by atoms with E-state index in [0.717, 1.165) is 28.4 Å². The van der Waals surface area contributed by atoms with E-state index in [1.165, 1.54) is 12.1 Å². The van der Waals surface area contributed by atoms with Gasteiger partial charge in [0.2, 0.25) is 5.89 Å². The third-order valence-electron chi connectivity index (χ3n) is 3.63. The fourth-order valence-electron chi connectivity index (χ4n) is 2.18. The number of halogens is 4. The molecule has 0 spiro atoms. The molecule has 3 rings (SSSR count). The summed E-state index contributed by atoms with van der Waals surface area (Å²) in [6.45, 7) is 1.92. The molecule has 0 saturated heterocycles. The van der Waals surface area contributed by atoms with E-state index in [4.69, 9.17) is 4.42 Å². The summed E-state index contributed by atoms with van der Waals surface area (Å²) in [6, 6.07) is 9.70. The number of aromatic nitrogens is 1. The van der Waals surface area contributed by atoms with Crippen LogP contribution < -0.4 is 5.32 Å². The van der Waals surface area contributed by atoms with Crippen LogP contribution in [-0.2, 0) is 6.18 Å². The van der Waals surface area contributed by atoms with Crippen LogP contribution in [0.4, 0.5) is 18.9 Å². The van der Waals surface area contributed by atoms with Crippen molar-refractivity contribution in [2.45, 2.75) is 13.1 Å². The highest BCUT2D eigenvalue weighted by Gasteiger charge is 2.30. The van der Waals surface area contributed by atoms with Gasteiger partial charge in [-0.15, -0.1) is 0 Å². The predicted molar refractivity (Wildman–Crippen MR) is 93.8 cm³/mol. The number of aryl methyl sites for hydroxylation is 1. The van der Waals surface area contributed by atoms with Crippen molar-refractivity contribution in [1.29, 1.82) is 0 Å². The highest BCUT2D eigenvalue weighted by Crippen LogP contribution is 2.31. The summed E-state index contributed by atoms with van der Waals surface area (Å²) in [6.07, 6.45) is -3.26. The summed E-state index contributed by atoms with van der Waals surface area (Å²) in [5.74, 6) is -0.420. The lowest BCUT2D eigenvalue weighted by Gasteiger charge is -2.06. The van der Waals surface area contributed by atoms with Gasteiger partial charge >= 0.3 is 6.18 Å². The number of nitrogens with one attached hydrogen (secondary N) is 1. The first-order valence-electron chi connectivity index (χ1n) is 7.45. The smallest absolute Gasteiger partial charge is 0.416 e. The summed E-state index contributed by atoms with van der Waals surface area (Å²) in [5.41, 5.74) is 1.20. The Hall–Kier alpha value is -2.61. The maximum absolute atomic E-state index is 12.6. The number of nitrogens with zero attached hydrogens (tertiary/aromatic N) is 1. The first-order chi connectivity index (χ1) is 12.2. The van der Waals surface area contributed by atoms with Crippen molar-refractivity contribution in [3.63, 3.8) is 0 Å². The van der Waals surface area contributed by atoms with Gasteiger partial charge in [-0.25, -0.2) is 4.98 Å². The first-order valence-corrected chi connectivity index (χ1v) is 8.24. The van der Waals surface area contributed by atoms with Crippen molar-refractivity contribution in [2.75, 3.05) is 5.32 Å². The molecule has 1 heterocycles. The number of carbonyl (C=O) groups is 1. The molecule has 1 amide bonds. The maximum Gasteiger partial charge on any atom is 0.416 e. The van der Waals surface area contributed by atoms with E-state index in [2.05, 4.69) is 26.2 Å². The molecule has 0 unspecified atom stereocenters. The van der Waals surface area contributed by atoms with Gasteiger partial charge in [-0.3, -0.25) is 4.79 Å². The van der Waals surface area contributed by atoms with E-state index in [9.17, 15) is 18.0 Å². The number of hydrogen-bond acceptors (Lipinski definition) is 3. The molecule has 0 aliphatic heterocycles. The van der Waals surface area contributed by atoms with E-state index in [0.29, 0.717) is 11.3 Å². The number of rotatable bonds is 3.